The Labute approximate surface area is 106 Å². The molecule has 18 heavy (non-hydrogen) atoms. The highest BCUT2D eigenvalue weighted by Gasteiger charge is 2.12. The normalized spacial score (nSPS) is 14.4. The summed E-state index contributed by atoms with van der Waals surface area (Å²) in [5.74, 6) is -0.869. The second-order valence-electron chi connectivity index (χ2n) is 4.46. The maximum Gasteiger partial charge on any atom is 0.253 e. The quantitative estimate of drug-likeness (QED) is 0.635. The summed E-state index contributed by atoms with van der Waals surface area (Å²) in [5.41, 5.74) is 7.04. The highest BCUT2D eigenvalue weighted by molar-refractivity contribution is 5.99. The number of nitrogens with two attached hydrogens (primary N) is 1. The van der Waals surface area contributed by atoms with Crippen LogP contribution < -0.4 is 11.1 Å². The van der Waals surface area contributed by atoms with Crippen LogP contribution in [0.2, 0.25) is 0 Å². The second-order valence-corrected chi connectivity index (χ2v) is 4.46. The number of anilines is 1. The number of halogens is 1. The lowest BCUT2D eigenvalue weighted by Gasteiger charge is -2.08. The standard InChI is InChI=1S/C14H17FN2O/c15-12-7-3-6-11(13(12)16)14(18)17-9-8-10-4-1-2-5-10/h3-4,6-7H,1-2,5,8-9,16H2,(H,17,18). The molecule has 4 heteroatoms. The summed E-state index contributed by atoms with van der Waals surface area (Å²) in [4.78, 5) is 11.8. The monoisotopic (exact) mass is 248 g/mol. The maximum absolute atomic E-state index is 13.2. The molecule has 0 radical (unpaired) electrons. The van der Waals surface area contributed by atoms with Gasteiger partial charge >= 0.3 is 0 Å². The molecule has 1 amide bonds. The third-order valence-electron chi connectivity index (χ3n) is 3.16. The molecule has 0 unspecified atom stereocenters. The van der Waals surface area contributed by atoms with Gasteiger partial charge in [0.15, 0.2) is 0 Å². The summed E-state index contributed by atoms with van der Waals surface area (Å²) in [6.07, 6.45) is 6.56. The molecule has 1 aromatic rings. The van der Waals surface area contributed by atoms with Gasteiger partial charge in [0.25, 0.3) is 5.91 Å². The van der Waals surface area contributed by atoms with Crippen molar-refractivity contribution in [3.05, 3.63) is 41.2 Å². The van der Waals surface area contributed by atoms with Crippen LogP contribution in [-0.4, -0.2) is 12.5 Å². The van der Waals surface area contributed by atoms with Crippen LogP contribution in [0.15, 0.2) is 29.8 Å². The Kier molecular flexibility index (Phi) is 3.97. The second kappa shape index (κ2) is 5.67. The third-order valence-corrected chi connectivity index (χ3v) is 3.16. The summed E-state index contributed by atoms with van der Waals surface area (Å²) in [5, 5.41) is 2.77. The van der Waals surface area contributed by atoms with Gasteiger partial charge in [0.05, 0.1) is 11.3 Å². The highest BCUT2D eigenvalue weighted by atomic mass is 19.1. The molecular formula is C14H17FN2O. The number of amides is 1. The van der Waals surface area contributed by atoms with Gasteiger partial charge in [0.2, 0.25) is 0 Å². The van der Waals surface area contributed by atoms with Gasteiger partial charge in [-0.05, 0) is 37.8 Å². The van der Waals surface area contributed by atoms with Crippen LogP contribution in [0.25, 0.3) is 0 Å². The number of hydrogen-bond acceptors (Lipinski definition) is 2. The van der Waals surface area contributed by atoms with E-state index >= 15 is 0 Å². The number of carbonyl (C=O) groups excluding carboxylic acids is 1. The zero-order chi connectivity index (χ0) is 13.0. The van der Waals surface area contributed by atoms with E-state index < -0.39 is 5.82 Å². The minimum atomic E-state index is -0.554. The van der Waals surface area contributed by atoms with Gasteiger partial charge < -0.3 is 11.1 Å². The number of benzene rings is 1. The van der Waals surface area contributed by atoms with Crippen molar-refractivity contribution in [3.63, 3.8) is 0 Å². The Bertz CT molecular complexity index is 483. The van der Waals surface area contributed by atoms with Crippen LogP contribution in [0.1, 0.15) is 36.0 Å². The molecule has 2 rings (SSSR count). The van der Waals surface area contributed by atoms with Crippen LogP contribution in [0, 0.1) is 5.82 Å². The first-order valence-corrected chi connectivity index (χ1v) is 6.18. The third kappa shape index (κ3) is 2.88. The predicted molar refractivity (Wildman–Crippen MR) is 69.7 cm³/mol. The smallest absolute Gasteiger partial charge is 0.253 e. The van der Waals surface area contributed by atoms with Gasteiger partial charge in [-0.25, -0.2) is 4.39 Å². The first-order valence-electron chi connectivity index (χ1n) is 6.18. The van der Waals surface area contributed by atoms with E-state index in [4.69, 9.17) is 5.73 Å². The number of carbonyl (C=O) groups is 1. The van der Waals surface area contributed by atoms with E-state index in [1.165, 1.54) is 30.2 Å². The van der Waals surface area contributed by atoms with Crippen LogP contribution in [0.5, 0.6) is 0 Å². The van der Waals surface area contributed by atoms with Gasteiger partial charge in [0.1, 0.15) is 5.82 Å². The van der Waals surface area contributed by atoms with Crippen LogP contribution in [0.4, 0.5) is 10.1 Å². The number of rotatable bonds is 4. The molecule has 1 aliphatic carbocycles. The number of nitrogens with one attached hydrogen (secondary N) is 1. The molecule has 3 nitrogen and oxygen atoms in total. The lowest BCUT2D eigenvalue weighted by atomic mass is 10.1. The fraction of sp³-hybridized carbons (Fsp3) is 0.357. The zero-order valence-electron chi connectivity index (χ0n) is 10.2. The van der Waals surface area contributed by atoms with Crippen molar-refractivity contribution in [2.75, 3.05) is 12.3 Å². The van der Waals surface area contributed by atoms with Crippen molar-refractivity contribution >= 4 is 11.6 Å². The van der Waals surface area contributed by atoms with E-state index in [0.717, 1.165) is 19.3 Å². The molecule has 3 N–H and O–H groups in total. The molecule has 0 spiro atoms. The molecule has 1 aromatic carbocycles. The average Bonchev–Trinajstić information content (AvgIpc) is 2.85. The number of para-hydroxylation sites is 1. The van der Waals surface area contributed by atoms with Crippen molar-refractivity contribution in [2.45, 2.75) is 25.7 Å². The Hall–Kier alpha value is -1.84. The van der Waals surface area contributed by atoms with Crippen LogP contribution >= 0.6 is 0 Å². The Morgan fingerprint density at radius 1 is 1.44 bits per heavy atom. The molecular weight excluding hydrogens is 231 g/mol. The first-order chi connectivity index (χ1) is 8.68. The summed E-state index contributed by atoms with van der Waals surface area (Å²) in [7, 11) is 0. The fourth-order valence-corrected chi connectivity index (χ4v) is 2.13. The van der Waals surface area contributed by atoms with E-state index in [9.17, 15) is 9.18 Å². The van der Waals surface area contributed by atoms with Crippen molar-refractivity contribution in [3.8, 4) is 0 Å². The van der Waals surface area contributed by atoms with Gasteiger partial charge in [0, 0.05) is 6.54 Å². The molecule has 1 aliphatic rings. The molecule has 96 valence electrons. The van der Waals surface area contributed by atoms with Crippen molar-refractivity contribution in [2.24, 2.45) is 0 Å². The topological polar surface area (TPSA) is 55.1 Å². The minimum absolute atomic E-state index is 0.0879. The largest absolute Gasteiger partial charge is 0.396 e. The summed E-state index contributed by atoms with van der Waals surface area (Å²) < 4.78 is 13.2. The molecule has 0 heterocycles. The van der Waals surface area contributed by atoms with Gasteiger partial charge in [-0.1, -0.05) is 17.7 Å². The van der Waals surface area contributed by atoms with Crippen LogP contribution in [-0.2, 0) is 0 Å². The average molecular weight is 248 g/mol. The summed E-state index contributed by atoms with van der Waals surface area (Å²) in [6, 6.07) is 4.26. The number of hydrogen-bond donors (Lipinski definition) is 2. The summed E-state index contributed by atoms with van der Waals surface area (Å²) in [6.45, 7) is 0.570. The summed E-state index contributed by atoms with van der Waals surface area (Å²) >= 11 is 0. The molecule has 0 bridgehead atoms. The number of nitrogen functional groups attached to an aromatic ring is 1. The van der Waals surface area contributed by atoms with Crippen LogP contribution in [0.3, 0.4) is 0 Å². The SMILES string of the molecule is Nc1c(F)cccc1C(=O)NCCC1=CCCC1. The highest BCUT2D eigenvalue weighted by Crippen LogP contribution is 2.20. The van der Waals surface area contributed by atoms with Crippen molar-refractivity contribution in [1.29, 1.82) is 0 Å². The fourth-order valence-electron chi connectivity index (χ4n) is 2.13. The molecule has 0 aliphatic heterocycles. The zero-order valence-corrected chi connectivity index (χ0v) is 10.2. The molecule has 0 aromatic heterocycles. The van der Waals surface area contributed by atoms with Crippen molar-refractivity contribution < 1.29 is 9.18 Å². The molecule has 0 saturated heterocycles. The Morgan fingerprint density at radius 3 is 3.00 bits per heavy atom. The van der Waals surface area contributed by atoms with Gasteiger partial charge in [-0.3, -0.25) is 4.79 Å². The predicted octanol–water partition coefficient (Wildman–Crippen LogP) is 2.64. The maximum atomic E-state index is 13.2. The van der Waals surface area contributed by atoms with E-state index in [1.54, 1.807) is 0 Å². The first kappa shape index (κ1) is 12.6. The Morgan fingerprint density at radius 2 is 2.28 bits per heavy atom. The van der Waals surface area contributed by atoms with E-state index in [-0.39, 0.29) is 17.2 Å². The van der Waals surface area contributed by atoms with Crippen molar-refractivity contribution in [1.82, 2.24) is 5.32 Å². The van der Waals surface area contributed by atoms with E-state index in [0.29, 0.717) is 6.54 Å². The van der Waals surface area contributed by atoms with Gasteiger partial charge in [-0.15, -0.1) is 0 Å². The molecule has 0 atom stereocenters. The molecule has 0 fully saturated rings. The minimum Gasteiger partial charge on any atom is -0.396 e. The lowest BCUT2D eigenvalue weighted by Crippen LogP contribution is -2.25. The van der Waals surface area contributed by atoms with E-state index in [2.05, 4.69) is 11.4 Å². The molecule has 0 saturated carbocycles. The van der Waals surface area contributed by atoms with Gasteiger partial charge in [-0.2, -0.15) is 0 Å². The Balaban J connectivity index is 1.89. The lowest BCUT2D eigenvalue weighted by molar-refractivity contribution is 0.0954. The number of allylic oxidation sites excluding steroid dienone is 1. The van der Waals surface area contributed by atoms with E-state index in [1.807, 2.05) is 0 Å².